The molecule has 0 bridgehead atoms. The lowest BCUT2D eigenvalue weighted by atomic mass is 10.0. The van der Waals surface area contributed by atoms with Gasteiger partial charge in [-0.15, -0.1) is 11.8 Å². The second-order valence-electron chi connectivity index (χ2n) is 11.4. The number of rotatable bonds is 8. The minimum Gasteiger partial charge on any atom is -0.398 e. The lowest BCUT2D eigenvalue weighted by Crippen LogP contribution is -2.55. The van der Waals surface area contributed by atoms with Crippen LogP contribution in [0.4, 0.5) is 5.69 Å². The SMILES string of the molecule is CC(=O)N1CC(C)NC(C)C1.CCCC.Cc1[nH]c(/C=C(\C=O)c2cc(SCc3c(Cl)cccc3OCl)ccc2N)c(C)c1C. The molecule has 10 heteroatoms. The summed E-state index contributed by atoms with van der Waals surface area (Å²) in [5.41, 5.74) is 13.0. The second kappa shape index (κ2) is 18.9. The van der Waals surface area contributed by atoms with Crippen molar-refractivity contribution in [1.29, 1.82) is 0 Å². The van der Waals surface area contributed by atoms with Crippen LogP contribution < -0.4 is 15.3 Å². The number of aromatic nitrogens is 1. The van der Waals surface area contributed by atoms with Gasteiger partial charge in [0.2, 0.25) is 5.91 Å². The first kappa shape index (κ1) is 38.3. The number of anilines is 1. The van der Waals surface area contributed by atoms with Gasteiger partial charge in [0, 0.05) is 81.5 Å². The molecule has 1 fully saturated rings. The van der Waals surface area contributed by atoms with Crippen LogP contribution in [0.25, 0.3) is 11.6 Å². The molecule has 7 nitrogen and oxygen atoms in total. The number of carbonyl (C=O) groups excluding carboxylic acids is 2. The number of benzene rings is 2. The number of aromatic amines is 1. The number of allylic oxidation sites excluding steroid dienone is 1. The zero-order valence-corrected chi connectivity index (χ0v) is 30.1. The molecule has 246 valence electrons. The molecule has 4 rings (SSSR count). The number of hydrogen-bond acceptors (Lipinski definition) is 6. The number of aryl methyl sites for hydroxylation is 1. The van der Waals surface area contributed by atoms with Crippen LogP contribution in [-0.4, -0.2) is 47.3 Å². The number of carbonyl (C=O) groups is 2. The number of nitrogens with one attached hydrogen (secondary N) is 2. The first-order valence-corrected chi connectivity index (χ1v) is 17.0. The predicted octanol–water partition coefficient (Wildman–Crippen LogP) is 8.76. The Balaban J connectivity index is 0.000000388. The Bertz CT molecular complexity index is 1440. The molecule has 0 radical (unpaired) electrons. The van der Waals surface area contributed by atoms with Crippen LogP contribution in [0, 0.1) is 20.8 Å². The van der Waals surface area contributed by atoms with Crippen molar-refractivity contribution in [2.24, 2.45) is 0 Å². The highest BCUT2D eigenvalue weighted by Crippen LogP contribution is 2.35. The molecular weight excluding hydrogens is 627 g/mol. The summed E-state index contributed by atoms with van der Waals surface area (Å²) < 4.78 is 4.90. The van der Waals surface area contributed by atoms with E-state index in [9.17, 15) is 9.59 Å². The number of thioether (sulfide) groups is 1. The van der Waals surface area contributed by atoms with E-state index in [4.69, 9.17) is 33.5 Å². The zero-order valence-electron chi connectivity index (χ0n) is 27.7. The number of aldehydes is 1. The number of nitrogens with zero attached hydrogens (tertiary/aromatic N) is 1. The van der Waals surface area contributed by atoms with Gasteiger partial charge in [-0.1, -0.05) is 44.4 Å². The van der Waals surface area contributed by atoms with Gasteiger partial charge in [-0.2, -0.15) is 0 Å². The Morgan fingerprint density at radius 3 is 2.24 bits per heavy atom. The van der Waals surface area contributed by atoms with Gasteiger partial charge in [0.1, 0.15) is 11.9 Å². The van der Waals surface area contributed by atoms with Crippen LogP contribution in [-0.2, 0) is 15.3 Å². The fraction of sp³-hybridized carbons (Fsp3) is 0.429. The van der Waals surface area contributed by atoms with Crippen LogP contribution in [0.5, 0.6) is 5.75 Å². The summed E-state index contributed by atoms with van der Waals surface area (Å²) in [7, 11) is 0. The van der Waals surface area contributed by atoms with E-state index in [0.29, 0.717) is 45.4 Å². The van der Waals surface area contributed by atoms with Crippen molar-refractivity contribution < 1.29 is 13.9 Å². The van der Waals surface area contributed by atoms with E-state index in [2.05, 4.69) is 44.9 Å². The maximum absolute atomic E-state index is 11.9. The number of H-pyrrole nitrogens is 1. The summed E-state index contributed by atoms with van der Waals surface area (Å²) in [4.78, 5) is 29.0. The van der Waals surface area contributed by atoms with Gasteiger partial charge in [-0.25, -0.2) is 0 Å². The molecule has 2 aromatic carbocycles. The number of hydrogen-bond donors (Lipinski definition) is 3. The summed E-state index contributed by atoms with van der Waals surface area (Å²) >= 11 is 13.4. The summed E-state index contributed by atoms with van der Waals surface area (Å²) in [5.74, 6) is 1.26. The van der Waals surface area contributed by atoms with Crippen molar-refractivity contribution in [3.63, 3.8) is 0 Å². The molecule has 1 aliphatic heterocycles. The molecule has 0 spiro atoms. The third kappa shape index (κ3) is 11.4. The van der Waals surface area contributed by atoms with Crippen LogP contribution in [0.2, 0.25) is 5.02 Å². The highest BCUT2D eigenvalue weighted by atomic mass is 35.5. The third-order valence-corrected chi connectivity index (χ3v) is 9.20. The van der Waals surface area contributed by atoms with Gasteiger partial charge in [0.25, 0.3) is 0 Å². The molecule has 1 saturated heterocycles. The first-order chi connectivity index (χ1) is 21.4. The average Bonchev–Trinajstić information content (AvgIpc) is 3.25. The number of nitrogen functional groups attached to an aromatic ring is 1. The van der Waals surface area contributed by atoms with E-state index in [1.54, 1.807) is 43.0 Å². The number of amides is 1. The molecule has 3 aromatic rings. The van der Waals surface area contributed by atoms with Crippen LogP contribution in [0.3, 0.4) is 0 Å². The maximum Gasteiger partial charge on any atom is 0.219 e. The molecule has 4 N–H and O–H groups in total. The van der Waals surface area contributed by atoms with Crippen molar-refractivity contribution in [1.82, 2.24) is 15.2 Å². The van der Waals surface area contributed by atoms with E-state index in [0.717, 1.165) is 46.8 Å². The Labute approximate surface area is 283 Å². The van der Waals surface area contributed by atoms with E-state index in [1.165, 1.54) is 18.4 Å². The van der Waals surface area contributed by atoms with Crippen molar-refractivity contribution in [2.75, 3.05) is 18.8 Å². The van der Waals surface area contributed by atoms with Gasteiger partial charge in [-0.3, -0.25) is 9.59 Å². The quantitative estimate of drug-likeness (QED) is 0.0956. The van der Waals surface area contributed by atoms with E-state index in [1.807, 2.05) is 37.0 Å². The molecule has 2 unspecified atom stereocenters. The minimum atomic E-state index is 0.185. The molecule has 1 amide bonds. The van der Waals surface area contributed by atoms with Gasteiger partial charge in [-0.05, 0) is 82.2 Å². The second-order valence-corrected chi connectivity index (χ2v) is 13.0. The summed E-state index contributed by atoms with van der Waals surface area (Å²) in [6.07, 6.45) is 5.31. The monoisotopic (exact) mass is 674 g/mol. The van der Waals surface area contributed by atoms with E-state index in [-0.39, 0.29) is 5.91 Å². The fourth-order valence-electron chi connectivity index (χ4n) is 4.71. The van der Waals surface area contributed by atoms with Crippen LogP contribution >= 0.6 is 35.2 Å². The topological polar surface area (TPSA) is 100 Å². The van der Waals surface area contributed by atoms with Crippen LogP contribution in [0.15, 0.2) is 41.3 Å². The van der Waals surface area contributed by atoms with Gasteiger partial charge < -0.3 is 25.2 Å². The lowest BCUT2D eigenvalue weighted by molar-refractivity contribution is -0.130. The smallest absolute Gasteiger partial charge is 0.219 e. The zero-order chi connectivity index (χ0) is 33.7. The van der Waals surface area contributed by atoms with Crippen molar-refractivity contribution >= 4 is 64.8 Å². The van der Waals surface area contributed by atoms with Crippen molar-refractivity contribution in [3.8, 4) is 5.75 Å². The minimum absolute atomic E-state index is 0.185. The van der Waals surface area contributed by atoms with Gasteiger partial charge in [0.15, 0.2) is 12.0 Å². The molecule has 1 aromatic heterocycles. The first-order valence-electron chi connectivity index (χ1n) is 15.3. The summed E-state index contributed by atoms with van der Waals surface area (Å²) in [5, 5.41) is 3.95. The molecule has 2 heterocycles. The molecular formula is C35H48Cl2N4O3S. The number of unbranched alkanes of at least 4 members (excludes halogenated alkanes) is 1. The van der Waals surface area contributed by atoms with Crippen molar-refractivity contribution in [2.45, 2.75) is 91.0 Å². The number of nitrogens with two attached hydrogens (primary N) is 1. The highest BCUT2D eigenvalue weighted by molar-refractivity contribution is 7.98. The molecule has 1 aliphatic rings. The Hall–Kier alpha value is -2.91. The summed E-state index contributed by atoms with van der Waals surface area (Å²) in [6, 6.07) is 11.8. The molecule has 0 saturated carbocycles. The fourth-order valence-corrected chi connectivity index (χ4v) is 6.14. The Morgan fingerprint density at radius 1 is 1.09 bits per heavy atom. The molecule has 45 heavy (non-hydrogen) atoms. The average molecular weight is 676 g/mol. The Kier molecular flexibility index (Phi) is 16.1. The standard InChI is InChI=1S/C23H22Cl2N2O2S.C8H16N2O.C4H10/c1-13-14(2)22(27-15(13)3)9-16(11-28)18-10-17(7-8-21(18)26)30-12-19-20(24)5-4-6-23(19)29-25;1-6-4-10(8(3)11)5-7(2)9-6;1-3-4-2/h4-11,27H,12,26H2,1-3H3;6-7,9H,4-5H2,1-3H3;3-4H2,1-2H3/b16-9+;;. The molecule has 2 atom stereocenters. The summed E-state index contributed by atoms with van der Waals surface area (Å²) in [6.45, 7) is 18.0. The number of piperazine rings is 1. The third-order valence-electron chi connectivity index (χ3n) is 7.66. The Morgan fingerprint density at radius 2 is 1.73 bits per heavy atom. The van der Waals surface area contributed by atoms with Gasteiger partial charge in [0.05, 0.1) is 0 Å². The number of halogens is 2. The van der Waals surface area contributed by atoms with E-state index < -0.39 is 0 Å². The highest BCUT2D eigenvalue weighted by Gasteiger charge is 2.22. The lowest BCUT2D eigenvalue weighted by Gasteiger charge is -2.35. The van der Waals surface area contributed by atoms with Gasteiger partial charge >= 0.3 is 0 Å². The normalized spacial score (nSPS) is 16.2. The predicted molar refractivity (Wildman–Crippen MR) is 192 cm³/mol. The van der Waals surface area contributed by atoms with Crippen LogP contribution in [0.1, 0.15) is 81.1 Å². The largest absolute Gasteiger partial charge is 0.398 e. The van der Waals surface area contributed by atoms with Crippen molar-refractivity contribution in [3.05, 3.63) is 75.1 Å². The van der Waals surface area contributed by atoms with E-state index >= 15 is 0 Å². The molecule has 0 aliphatic carbocycles. The maximum atomic E-state index is 11.9.